The number of hydrogen-bond acceptors (Lipinski definition) is 2. The molecule has 3 heteroatoms. The zero-order chi connectivity index (χ0) is 10.6. The van der Waals surface area contributed by atoms with E-state index >= 15 is 0 Å². The van der Waals surface area contributed by atoms with Crippen molar-refractivity contribution in [1.29, 1.82) is 0 Å². The summed E-state index contributed by atoms with van der Waals surface area (Å²) in [4.78, 5) is 6.78. The zero-order valence-corrected chi connectivity index (χ0v) is 9.79. The van der Waals surface area contributed by atoms with Gasteiger partial charge >= 0.3 is 0 Å². The predicted octanol–water partition coefficient (Wildman–Crippen LogP) is 2.27. The van der Waals surface area contributed by atoms with Crippen LogP contribution in [-0.4, -0.2) is 36.2 Å². The summed E-state index contributed by atoms with van der Waals surface area (Å²) in [5, 5.41) is 0. The van der Waals surface area contributed by atoms with Crippen molar-refractivity contribution in [2.75, 3.05) is 13.2 Å². The summed E-state index contributed by atoms with van der Waals surface area (Å²) >= 11 is 0. The monoisotopic (exact) mass is 198 g/mol. The molecule has 0 aromatic rings. The smallest absolute Gasteiger partial charge is 0.287 e. The lowest BCUT2D eigenvalue weighted by Crippen LogP contribution is -2.38. The minimum absolute atomic E-state index is 0.310. The molecule has 0 spiro atoms. The van der Waals surface area contributed by atoms with Crippen LogP contribution < -0.4 is 0 Å². The van der Waals surface area contributed by atoms with E-state index < -0.39 is 0 Å². The molecule has 0 aromatic carbocycles. The summed E-state index contributed by atoms with van der Waals surface area (Å²) in [5.41, 5.74) is 0. The summed E-state index contributed by atoms with van der Waals surface area (Å²) in [6, 6.07) is 1.63. The topological polar surface area (TPSA) is 24.8 Å². The summed E-state index contributed by atoms with van der Waals surface area (Å²) in [6.45, 7) is 10.4. The van der Waals surface area contributed by atoms with Crippen LogP contribution in [0, 0.1) is 0 Å². The standard InChI is InChI=1S/C11H22N2O/c1-9(2)12-11-13(10(3)4)7-5-6-8-14-11/h9-10H,5-8H2,1-4H3/b12-11-. The first-order chi connectivity index (χ1) is 6.61. The fraction of sp³-hybridized carbons (Fsp3) is 0.909. The minimum Gasteiger partial charge on any atom is -0.465 e. The van der Waals surface area contributed by atoms with Gasteiger partial charge in [-0.1, -0.05) is 0 Å². The van der Waals surface area contributed by atoms with Gasteiger partial charge in [-0.2, -0.15) is 0 Å². The van der Waals surface area contributed by atoms with E-state index in [1.165, 1.54) is 6.42 Å². The molecule has 0 unspecified atom stereocenters. The fourth-order valence-electron chi connectivity index (χ4n) is 1.54. The van der Waals surface area contributed by atoms with Crippen LogP contribution in [0.25, 0.3) is 0 Å². The Hall–Kier alpha value is -0.730. The zero-order valence-electron chi connectivity index (χ0n) is 9.79. The lowest BCUT2D eigenvalue weighted by Gasteiger charge is -2.27. The van der Waals surface area contributed by atoms with Crippen molar-refractivity contribution >= 4 is 6.02 Å². The van der Waals surface area contributed by atoms with E-state index in [9.17, 15) is 0 Å². The molecule has 3 nitrogen and oxygen atoms in total. The van der Waals surface area contributed by atoms with Crippen LogP contribution in [0.2, 0.25) is 0 Å². The maximum Gasteiger partial charge on any atom is 0.287 e. The molecule has 0 atom stereocenters. The molecular formula is C11H22N2O. The van der Waals surface area contributed by atoms with Crippen LogP contribution in [0.3, 0.4) is 0 Å². The Bertz CT molecular complexity index is 199. The van der Waals surface area contributed by atoms with Gasteiger partial charge in [0.05, 0.1) is 6.61 Å². The molecule has 1 fully saturated rings. The van der Waals surface area contributed by atoms with Gasteiger partial charge in [-0.05, 0) is 40.5 Å². The van der Waals surface area contributed by atoms with E-state index in [1.54, 1.807) is 0 Å². The molecule has 1 rings (SSSR count). The highest BCUT2D eigenvalue weighted by Crippen LogP contribution is 2.10. The second-order valence-electron chi connectivity index (χ2n) is 4.35. The van der Waals surface area contributed by atoms with Crippen molar-refractivity contribution in [2.45, 2.75) is 52.6 Å². The SMILES string of the molecule is CC(C)/N=C1\OCCCCN1C(C)C. The summed E-state index contributed by atoms with van der Waals surface area (Å²) in [5.74, 6) is 0. The molecular weight excluding hydrogens is 176 g/mol. The molecule has 0 saturated carbocycles. The van der Waals surface area contributed by atoms with E-state index in [2.05, 4.69) is 37.6 Å². The Balaban J connectivity index is 2.73. The second-order valence-corrected chi connectivity index (χ2v) is 4.35. The lowest BCUT2D eigenvalue weighted by molar-refractivity contribution is 0.238. The number of ether oxygens (including phenoxy) is 1. The van der Waals surface area contributed by atoms with Gasteiger partial charge in [0.15, 0.2) is 0 Å². The average Bonchev–Trinajstić information content (AvgIpc) is 2.28. The van der Waals surface area contributed by atoms with E-state index in [1.807, 2.05) is 0 Å². The van der Waals surface area contributed by atoms with Crippen LogP contribution in [-0.2, 0) is 4.74 Å². The number of rotatable bonds is 2. The molecule has 1 aliphatic heterocycles. The number of amidine groups is 1. The van der Waals surface area contributed by atoms with Crippen molar-refractivity contribution < 1.29 is 4.74 Å². The molecule has 0 bridgehead atoms. The van der Waals surface area contributed by atoms with Gasteiger partial charge in [0.1, 0.15) is 0 Å². The van der Waals surface area contributed by atoms with Crippen LogP contribution >= 0.6 is 0 Å². The van der Waals surface area contributed by atoms with Gasteiger partial charge < -0.3 is 9.64 Å². The van der Waals surface area contributed by atoms with Gasteiger partial charge in [0, 0.05) is 18.6 Å². The summed E-state index contributed by atoms with van der Waals surface area (Å²) in [7, 11) is 0. The third-order valence-corrected chi connectivity index (χ3v) is 2.26. The molecule has 0 N–H and O–H groups in total. The largest absolute Gasteiger partial charge is 0.465 e. The maximum atomic E-state index is 5.66. The molecule has 0 amide bonds. The molecule has 1 saturated heterocycles. The van der Waals surface area contributed by atoms with Crippen molar-refractivity contribution in [3.8, 4) is 0 Å². The highest BCUT2D eigenvalue weighted by molar-refractivity contribution is 5.74. The summed E-state index contributed by atoms with van der Waals surface area (Å²) < 4.78 is 5.66. The van der Waals surface area contributed by atoms with Crippen LogP contribution in [0.1, 0.15) is 40.5 Å². The molecule has 1 heterocycles. The molecule has 14 heavy (non-hydrogen) atoms. The van der Waals surface area contributed by atoms with Crippen molar-refractivity contribution in [3.63, 3.8) is 0 Å². The third-order valence-electron chi connectivity index (χ3n) is 2.26. The molecule has 0 aliphatic carbocycles. The number of hydrogen-bond donors (Lipinski definition) is 0. The van der Waals surface area contributed by atoms with Gasteiger partial charge in [0.2, 0.25) is 0 Å². The Kier molecular flexibility index (Phi) is 4.23. The van der Waals surface area contributed by atoms with E-state index in [-0.39, 0.29) is 0 Å². The highest BCUT2D eigenvalue weighted by Gasteiger charge is 2.19. The Morgan fingerprint density at radius 3 is 2.50 bits per heavy atom. The van der Waals surface area contributed by atoms with Gasteiger partial charge in [-0.3, -0.25) is 0 Å². The number of nitrogens with zero attached hydrogens (tertiary/aromatic N) is 2. The first-order valence-corrected chi connectivity index (χ1v) is 5.58. The van der Waals surface area contributed by atoms with Gasteiger partial charge in [-0.25, -0.2) is 4.99 Å². The Morgan fingerprint density at radius 2 is 1.93 bits per heavy atom. The first-order valence-electron chi connectivity index (χ1n) is 5.58. The quantitative estimate of drug-likeness (QED) is 0.680. The fourth-order valence-corrected chi connectivity index (χ4v) is 1.54. The van der Waals surface area contributed by atoms with Crippen molar-refractivity contribution in [2.24, 2.45) is 4.99 Å². The van der Waals surface area contributed by atoms with Crippen molar-refractivity contribution in [3.05, 3.63) is 0 Å². The van der Waals surface area contributed by atoms with E-state index in [4.69, 9.17) is 4.74 Å². The first kappa shape index (κ1) is 11.3. The Morgan fingerprint density at radius 1 is 1.21 bits per heavy atom. The maximum absolute atomic E-state index is 5.66. The minimum atomic E-state index is 0.310. The summed E-state index contributed by atoms with van der Waals surface area (Å²) in [6.07, 6.45) is 2.34. The molecule has 1 aliphatic rings. The van der Waals surface area contributed by atoms with Crippen LogP contribution in [0.15, 0.2) is 4.99 Å². The Labute approximate surface area is 87.2 Å². The van der Waals surface area contributed by atoms with Crippen molar-refractivity contribution in [1.82, 2.24) is 4.90 Å². The third kappa shape index (κ3) is 3.20. The second kappa shape index (κ2) is 5.23. The van der Waals surface area contributed by atoms with Crippen LogP contribution in [0.5, 0.6) is 0 Å². The van der Waals surface area contributed by atoms with Crippen LogP contribution in [0.4, 0.5) is 0 Å². The normalized spacial score (nSPS) is 21.6. The van der Waals surface area contributed by atoms with Gasteiger partial charge in [0.25, 0.3) is 6.02 Å². The molecule has 0 aromatic heterocycles. The van der Waals surface area contributed by atoms with E-state index in [0.29, 0.717) is 12.1 Å². The highest BCUT2D eigenvalue weighted by atomic mass is 16.5. The number of aliphatic imine (C=N–C) groups is 1. The molecule has 0 radical (unpaired) electrons. The predicted molar refractivity (Wildman–Crippen MR) is 59.6 cm³/mol. The molecule has 82 valence electrons. The average molecular weight is 198 g/mol. The van der Waals surface area contributed by atoms with E-state index in [0.717, 1.165) is 25.6 Å². The lowest BCUT2D eigenvalue weighted by atomic mass is 10.3. The van der Waals surface area contributed by atoms with Gasteiger partial charge in [-0.15, -0.1) is 0 Å².